The Morgan fingerprint density at radius 1 is 0.870 bits per heavy atom. The van der Waals surface area contributed by atoms with E-state index in [4.69, 9.17) is 0 Å². The molecule has 1 aromatic carbocycles. The molecule has 0 saturated carbocycles. The van der Waals surface area contributed by atoms with E-state index >= 15 is 0 Å². The molecule has 116 valence electrons. The van der Waals surface area contributed by atoms with Crippen molar-refractivity contribution in [3.05, 3.63) is 48.8 Å². The maximum Gasteiger partial charge on any atom is 0.147 e. The van der Waals surface area contributed by atoms with Crippen molar-refractivity contribution >= 4 is 22.4 Å². The van der Waals surface area contributed by atoms with Crippen molar-refractivity contribution in [2.75, 3.05) is 36.0 Å². The van der Waals surface area contributed by atoms with Crippen LogP contribution >= 0.6 is 0 Å². The lowest BCUT2D eigenvalue weighted by Crippen LogP contribution is -2.46. The number of piperazine rings is 1. The highest BCUT2D eigenvalue weighted by molar-refractivity contribution is 5.81. The molecule has 1 aliphatic heterocycles. The summed E-state index contributed by atoms with van der Waals surface area (Å²) < 4.78 is 0. The second-order valence-electron chi connectivity index (χ2n) is 5.76. The van der Waals surface area contributed by atoms with Crippen molar-refractivity contribution in [3.8, 4) is 0 Å². The summed E-state index contributed by atoms with van der Waals surface area (Å²) in [6, 6.07) is 6.36. The first kappa shape index (κ1) is 13.9. The van der Waals surface area contributed by atoms with Crippen LogP contribution in [0.4, 0.5) is 11.5 Å². The number of nitrogens with zero attached hydrogens (tertiary/aromatic N) is 6. The van der Waals surface area contributed by atoms with Crippen LogP contribution in [0.15, 0.2) is 43.1 Å². The monoisotopic (exact) mass is 306 g/mol. The lowest BCUT2D eigenvalue weighted by Gasteiger charge is -2.36. The van der Waals surface area contributed by atoms with E-state index in [2.05, 4.69) is 47.9 Å². The van der Waals surface area contributed by atoms with Gasteiger partial charge in [0.05, 0.1) is 23.6 Å². The van der Waals surface area contributed by atoms with Crippen LogP contribution in [-0.4, -0.2) is 46.1 Å². The number of hydrogen-bond acceptors (Lipinski definition) is 6. The van der Waals surface area contributed by atoms with Crippen LogP contribution in [0.1, 0.15) is 5.69 Å². The number of fused-ring (bicyclic) bond motifs is 1. The van der Waals surface area contributed by atoms with Crippen LogP contribution in [0.5, 0.6) is 0 Å². The molecule has 0 aliphatic carbocycles. The molecule has 1 fully saturated rings. The van der Waals surface area contributed by atoms with Crippen LogP contribution in [0.2, 0.25) is 0 Å². The van der Waals surface area contributed by atoms with E-state index in [-0.39, 0.29) is 0 Å². The smallest absolute Gasteiger partial charge is 0.147 e. The van der Waals surface area contributed by atoms with Gasteiger partial charge in [-0.3, -0.25) is 4.98 Å². The molecule has 3 heterocycles. The molecule has 0 atom stereocenters. The number of hydrogen-bond donors (Lipinski definition) is 0. The van der Waals surface area contributed by atoms with Gasteiger partial charge in [-0.05, 0) is 25.1 Å². The highest BCUT2D eigenvalue weighted by Crippen LogP contribution is 2.22. The zero-order valence-electron chi connectivity index (χ0n) is 13.1. The van der Waals surface area contributed by atoms with Gasteiger partial charge in [0.2, 0.25) is 0 Å². The first-order valence-corrected chi connectivity index (χ1v) is 7.78. The van der Waals surface area contributed by atoms with Gasteiger partial charge in [0.1, 0.15) is 12.1 Å². The van der Waals surface area contributed by atoms with Crippen LogP contribution in [0, 0.1) is 6.92 Å². The summed E-state index contributed by atoms with van der Waals surface area (Å²) in [7, 11) is 0. The average molecular weight is 306 g/mol. The summed E-state index contributed by atoms with van der Waals surface area (Å²) in [5, 5.41) is 1.08. The van der Waals surface area contributed by atoms with Gasteiger partial charge >= 0.3 is 0 Å². The van der Waals surface area contributed by atoms with Crippen LogP contribution < -0.4 is 9.80 Å². The second kappa shape index (κ2) is 5.79. The largest absolute Gasteiger partial charge is 0.368 e. The highest BCUT2D eigenvalue weighted by atomic mass is 15.3. The Bertz CT molecular complexity index is 809. The van der Waals surface area contributed by atoms with Crippen LogP contribution in [-0.2, 0) is 0 Å². The topological polar surface area (TPSA) is 58.0 Å². The number of rotatable bonds is 2. The van der Waals surface area contributed by atoms with Gasteiger partial charge in [-0.2, -0.15) is 0 Å². The molecule has 0 bridgehead atoms. The van der Waals surface area contributed by atoms with Crippen LogP contribution in [0.25, 0.3) is 10.9 Å². The third kappa shape index (κ3) is 2.79. The van der Waals surface area contributed by atoms with E-state index in [9.17, 15) is 0 Å². The first-order chi connectivity index (χ1) is 11.3. The van der Waals surface area contributed by atoms with Gasteiger partial charge in [-0.25, -0.2) is 15.0 Å². The van der Waals surface area contributed by atoms with Gasteiger partial charge in [-0.15, -0.1) is 0 Å². The van der Waals surface area contributed by atoms with E-state index in [0.29, 0.717) is 0 Å². The van der Waals surface area contributed by atoms with Crippen molar-refractivity contribution in [2.24, 2.45) is 0 Å². The Morgan fingerprint density at radius 3 is 2.48 bits per heavy atom. The summed E-state index contributed by atoms with van der Waals surface area (Å²) in [5.74, 6) is 0.960. The second-order valence-corrected chi connectivity index (χ2v) is 5.76. The van der Waals surface area contributed by atoms with Gasteiger partial charge < -0.3 is 9.80 Å². The molecule has 1 saturated heterocycles. The number of anilines is 2. The summed E-state index contributed by atoms with van der Waals surface area (Å²) in [6.45, 7) is 5.78. The number of benzene rings is 1. The molecule has 4 rings (SSSR count). The minimum Gasteiger partial charge on any atom is -0.368 e. The van der Waals surface area contributed by atoms with Gasteiger partial charge in [-0.1, -0.05) is 0 Å². The Balaban J connectivity index is 1.49. The number of aromatic nitrogens is 4. The van der Waals surface area contributed by atoms with E-state index in [0.717, 1.165) is 48.6 Å². The summed E-state index contributed by atoms with van der Waals surface area (Å²) in [6.07, 6.45) is 7.14. The standard InChI is InChI=1S/C17H18N6/c1-13-9-20-17(11-19-13)23-6-4-22(5-7-23)15-2-3-16-14(8-15)10-18-12-21-16/h2-3,8-12H,4-7H2,1H3. The molecular weight excluding hydrogens is 288 g/mol. The predicted octanol–water partition coefficient (Wildman–Crippen LogP) is 2.05. The van der Waals surface area contributed by atoms with Gasteiger partial charge in [0.25, 0.3) is 0 Å². The van der Waals surface area contributed by atoms with E-state index in [1.807, 2.05) is 25.5 Å². The molecule has 6 nitrogen and oxygen atoms in total. The Morgan fingerprint density at radius 2 is 1.70 bits per heavy atom. The quantitative estimate of drug-likeness (QED) is 0.722. The normalized spacial score (nSPS) is 15.2. The summed E-state index contributed by atoms with van der Waals surface area (Å²) in [5.41, 5.74) is 3.16. The Kier molecular flexibility index (Phi) is 3.49. The minimum absolute atomic E-state index is 0.946. The fraction of sp³-hybridized carbons (Fsp3) is 0.294. The molecule has 0 radical (unpaired) electrons. The van der Waals surface area contributed by atoms with Crippen molar-refractivity contribution in [1.82, 2.24) is 19.9 Å². The molecule has 0 unspecified atom stereocenters. The lowest BCUT2D eigenvalue weighted by atomic mass is 10.2. The predicted molar refractivity (Wildman–Crippen MR) is 90.7 cm³/mol. The molecule has 0 amide bonds. The maximum atomic E-state index is 4.47. The Labute approximate surface area is 134 Å². The van der Waals surface area contributed by atoms with Crippen molar-refractivity contribution in [1.29, 1.82) is 0 Å². The third-order valence-corrected chi connectivity index (χ3v) is 4.22. The zero-order chi connectivity index (χ0) is 15.6. The van der Waals surface area contributed by atoms with E-state index < -0.39 is 0 Å². The van der Waals surface area contributed by atoms with E-state index in [1.54, 1.807) is 6.33 Å². The van der Waals surface area contributed by atoms with Gasteiger partial charge in [0.15, 0.2) is 0 Å². The third-order valence-electron chi connectivity index (χ3n) is 4.22. The molecule has 6 heteroatoms. The fourth-order valence-electron chi connectivity index (χ4n) is 2.91. The Hall–Kier alpha value is -2.76. The molecule has 2 aromatic heterocycles. The van der Waals surface area contributed by atoms with Crippen molar-refractivity contribution < 1.29 is 0 Å². The lowest BCUT2D eigenvalue weighted by molar-refractivity contribution is 0.646. The molecule has 1 aliphatic rings. The zero-order valence-corrected chi connectivity index (χ0v) is 13.1. The first-order valence-electron chi connectivity index (χ1n) is 7.78. The molecule has 0 spiro atoms. The van der Waals surface area contributed by atoms with Gasteiger partial charge in [0, 0.05) is 43.4 Å². The molecular formula is C17H18N6. The molecule has 3 aromatic rings. The SMILES string of the molecule is Cc1cnc(N2CCN(c3ccc4ncncc4c3)CC2)cn1. The van der Waals surface area contributed by atoms with E-state index in [1.165, 1.54) is 5.69 Å². The summed E-state index contributed by atoms with van der Waals surface area (Å²) >= 11 is 0. The summed E-state index contributed by atoms with van der Waals surface area (Å²) in [4.78, 5) is 21.9. The van der Waals surface area contributed by atoms with Crippen LogP contribution in [0.3, 0.4) is 0 Å². The molecule has 0 N–H and O–H groups in total. The maximum absolute atomic E-state index is 4.47. The van der Waals surface area contributed by atoms with Crippen molar-refractivity contribution in [2.45, 2.75) is 6.92 Å². The molecule has 23 heavy (non-hydrogen) atoms. The highest BCUT2D eigenvalue weighted by Gasteiger charge is 2.18. The minimum atomic E-state index is 0.946. The fourth-order valence-corrected chi connectivity index (χ4v) is 2.91. The van der Waals surface area contributed by atoms with Crippen molar-refractivity contribution in [3.63, 3.8) is 0 Å². The average Bonchev–Trinajstić information content (AvgIpc) is 2.62. The number of aryl methyl sites for hydroxylation is 1.